The lowest BCUT2D eigenvalue weighted by Crippen LogP contribution is -2.22. The Morgan fingerprint density at radius 3 is 0.444 bits per heavy atom. The fraction of sp³-hybridized carbons (Fsp3) is 0.625. The lowest BCUT2D eigenvalue weighted by atomic mass is 9.85. The van der Waals surface area contributed by atoms with Crippen LogP contribution in [0.2, 0.25) is 0 Å². The summed E-state index contributed by atoms with van der Waals surface area (Å²) < 4.78 is 0. The van der Waals surface area contributed by atoms with Crippen molar-refractivity contribution in [2.45, 2.75) is 380 Å². The number of phenols is 6. The van der Waals surface area contributed by atoms with E-state index < -0.39 is 0 Å². The van der Waals surface area contributed by atoms with Crippen molar-refractivity contribution in [2.24, 2.45) is 0 Å². The monoisotopic (exact) mass is 1580 g/mol. The summed E-state index contributed by atoms with van der Waals surface area (Å²) in [4.78, 5) is 0. The molecule has 600 valence electrons. The van der Waals surface area contributed by atoms with Gasteiger partial charge in [-0.2, -0.15) is 70.6 Å². The number of hydrogen-bond donors (Lipinski definition) is 6. The zero-order chi connectivity index (χ0) is 80.0. The van der Waals surface area contributed by atoms with Crippen LogP contribution in [0.15, 0.2) is 72.8 Å². The zero-order valence-corrected chi connectivity index (χ0v) is 76.4. The van der Waals surface area contributed by atoms with E-state index in [-0.39, 0.29) is 32.5 Å². The summed E-state index contributed by atoms with van der Waals surface area (Å²) >= 11 is 12.2. The summed E-state index contributed by atoms with van der Waals surface area (Å²) in [7, 11) is 0. The normalized spacial score (nSPS) is 19.7. The van der Waals surface area contributed by atoms with Crippen LogP contribution in [0.3, 0.4) is 0 Å². The van der Waals surface area contributed by atoms with Gasteiger partial charge in [-0.3, -0.25) is 0 Å². The van der Waals surface area contributed by atoms with Crippen LogP contribution in [-0.2, 0) is 67.0 Å². The van der Waals surface area contributed by atoms with Crippen LogP contribution in [0.1, 0.15) is 340 Å². The van der Waals surface area contributed by atoms with Crippen LogP contribution in [0.25, 0.3) is 0 Å². The molecule has 6 unspecified atom stereocenters. The van der Waals surface area contributed by atoms with Crippen molar-refractivity contribution in [3.63, 3.8) is 0 Å². The van der Waals surface area contributed by atoms with E-state index >= 15 is 0 Å². The van der Waals surface area contributed by atoms with Gasteiger partial charge in [-0.15, -0.1) is 0 Å². The fourth-order valence-electron chi connectivity index (χ4n) is 14.9. The van der Waals surface area contributed by atoms with Gasteiger partial charge in [0.2, 0.25) is 0 Å². The number of thioether (sulfide) groups is 6. The molecule has 0 saturated heterocycles. The molecule has 0 aromatic heterocycles. The molecule has 0 aliphatic heterocycles. The second-order valence-corrected chi connectivity index (χ2v) is 45.7. The van der Waals surface area contributed by atoms with E-state index in [2.05, 4.69) is 197 Å². The maximum Gasteiger partial charge on any atom is 0.122 e. The molecule has 6 aromatic rings. The minimum atomic E-state index is 0.0677. The number of hydrogen-bond acceptors (Lipinski definition) is 12. The minimum Gasteiger partial charge on any atom is -0.507 e. The highest BCUT2D eigenvalue weighted by Gasteiger charge is 2.32. The first-order chi connectivity index (χ1) is 50.3. The van der Waals surface area contributed by atoms with Crippen molar-refractivity contribution in [3.8, 4) is 34.5 Å². The Bertz CT molecular complexity index is 3240. The van der Waals surface area contributed by atoms with E-state index in [0.717, 1.165) is 101 Å². The van der Waals surface area contributed by atoms with E-state index in [1.54, 1.807) is 0 Å². The molecule has 0 spiro atoms. The van der Waals surface area contributed by atoms with Crippen molar-refractivity contribution in [3.05, 3.63) is 173 Å². The summed E-state index contributed by atoms with van der Waals surface area (Å²) in [5.74, 6) is 7.87. The number of phenolic OH excluding ortho intramolecular Hbond substituents is 6. The highest BCUT2D eigenvalue weighted by Crippen LogP contribution is 2.47. The van der Waals surface area contributed by atoms with Gasteiger partial charge in [0, 0.05) is 99.4 Å². The molecule has 3 aliphatic rings. The second-order valence-electron chi connectivity index (χ2n) is 38.4. The lowest BCUT2D eigenvalue weighted by Gasteiger charge is -2.29. The number of aryl methyl sites for hydroxylation is 6. The molecule has 0 bridgehead atoms. The van der Waals surface area contributed by atoms with Gasteiger partial charge in [0.25, 0.3) is 0 Å². The fourth-order valence-corrected chi connectivity index (χ4v) is 24.1. The Kier molecular flexibility index (Phi) is 33.8. The van der Waals surface area contributed by atoms with Gasteiger partial charge in [-0.1, -0.05) is 274 Å². The first-order valence-corrected chi connectivity index (χ1v) is 47.3. The minimum absolute atomic E-state index is 0.0677. The van der Waals surface area contributed by atoms with Crippen LogP contribution in [0, 0.1) is 41.5 Å². The predicted molar refractivity (Wildman–Crippen MR) is 483 cm³/mol. The molecule has 9 rings (SSSR count). The maximum atomic E-state index is 10.8. The van der Waals surface area contributed by atoms with Crippen LogP contribution in [0.4, 0.5) is 0 Å². The largest absolute Gasteiger partial charge is 0.507 e. The van der Waals surface area contributed by atoms with Gasteiger partial charge in [-0.05, 0) is 179 Å². The van der Waals surface area contributed by atoms with E-state index in [1.165, 1.54) is 149 Å². The summed E-state index contributed by atoms with van der Waals surface area (Å²) in [6.45, 7) is 52.4. The highest BCUT2D eigenvalue weighted by atomic mass is 32.2. The summed E-state index contributed by atoms with van der Waals surface area (Å²) in [6.07, 6.45) is 23.0. The number of benzene rings is 6. The van der Waals surface area contributed by atoms with Crippen molar-refractivity contribution < 1.29 is 30.6 Å². The Balaban J connectivity index is 0.000000226. The number of aromatic hydroxyl groups is 6. The van der Waals surface area contributed by atoms with Gasteiger partial charge < -0.3 is 30.6 Å². The molecule has 12 heteroatoms. The molecular formula is C96H144O6S6. The smallest absolute Gasteiger partial charge is 0.122 e. The SMILES string of the molecule is Cc1cc(C(C)(C)C)cc(CSC2CCCCCCC2SCc2cc(C(C)(C)C)cc(C)c2O)c1O.Cc1cc(C(C)(C)C)cc(CSC2CCCCCCC2SCc2cc(C(C)(C)C)cc(C)c2O)c1O.Cc1cc(C(C)(C)C)cc(CSC2CCCCCCC2SCc2cc(C(C)(C)C)cc(C)c2O)c1O. The third kappa shape index (κ3) is 26.9. The van der Waals surface area contributed by atoms with Crippen molar-refractivity contribution in [2.75, 3.05) is 0 Å². The average molecular weight is 1590 g/mol. The van der Waals surface area contributed by atoms with E-state index in [9.17, 15) is 30.6 Å². The lowest BCUT2D eigenvalue weighted by molar-refractivity contribution is 0.464. The Labute approximate surface area is 683 Å². The zero-order valence-electron chi connectivity index (χ0n) is 71.5. The van der Waals surface area contributed by atoms with E-state index in [1.807, 2.05) is 112 Å². The molecule has 0 radical (unpaired) electrons. The van der Waals surface area contributed by atoms with Crippen molar-refractivity contribution in [1.29, 1.82) is 0 Å². The van der Waals surface area contributed by atoms with Crippen LogP contribution < -0.4 is 0 Å². The number of rotatable bonds is 18. The molecule has 3 saturated carbocycles. The third-order valence-electron chi connectivity index (χ3n) is 22.6. The van der Waals surface area contributed by atoms with E-state index in [0.29, 0.717) is 66.0 Å². The molecular weight excluding hydrogens is 1440 g/mol. The van der Waals surface area contributed by atoms with Gasteiger partial charge in [-0.25, -0.2) is 0 Å². The van der Waals surface area contributed by atoms with Crippen LogP contribution in [0.5, 0.6) is 34.5 Å². The molecule has 6 nitrogen and oxygen atoms in total. The molecule has 6 aromatic carbocycles. The van der Waals surface area contributed by atoms with Crippen molar-refractivity contribution >= 4 is 70.6 Å². The molecule has 108 heavy (non-hydrogen) atoms. The van der Waals surface area contributed by atoms with Gasteiger partial charge in [0.1, 0.15) is 34.5 Å². The standard InChI is InChI=1S/3C32H48O2S2/c3*1-21-15-25(31(3,4)5)17-23(29(21)33)19-35-27-13-11-9-10-12-14-28(27)36-20-24-18-26(32(6,7)8)16-22(2)30(24)34/h3*15-18,27-28,33-34H,9-14,19-20H2,1-8H3. The van der Waals surface area contributed by atoms with Gasteiger partial charge >= 0.3 is 0 Å². The van der Waals surface area contributed by atoms with Gasteiger partial charge in [0.05, 0.1) is 0 Å². The quantitative estimate of drug-likeness (QED) is 0.0491. The highest BCUT2D eigenvalue weighted by molar-refractivity contribution is 8.04. The average Bonchev–Trinajstić information content (AvgIpc) is 0.846. The molecule has 6 atom stereocenters. The summed E-state index contributed by atoms with van der Waals surface area (Å²) in [5.41, 5.74) is 20.5. The topological polar surface area (TPSA) is 121 Å². The van der Waals surface area contributed by atoms with Gasteiger partial charge in [0.15, 0.2) is 0 Å². The second kappa shape index (κ2) is 40.0. The molecule has 3 fully saturated rings. The molecule has 3 aliphatic carbocycles. The summed E-state index contributed by atoms with van der Waals surface area (Å²) in [5, 5.41) is 68.4. The Hall–Kier alpha value is -3.78. The third-order valence-corrected chi connectivity index (χ3v) is 32.0. The molecule has 6 N–H and O–H groups in total. The van der Waals surface area contributed by atoms with Crippen LogP contribution >= 0.6 is 70.6 Å². The first-order valence-electron chi connectivity index (χ1n) is 41.0. The van der Waals surface area contributed by atoms with Crippen molar-refractivity contribution in [1.82, 2.24) is 0 Å². The van der Waals surface area contributed by atoms with Crippen LogP contribution in [-0.4, -0.2) is 62.1 Å². The first kappa shape index (κ1) is 91.4. The Morgan fingerprint density at radius 1 is 0.213 bits per heavy atom. The summed E-state index contributed by atoms with van der Waals surface area (Å²) in [6, 6.07) is 26.2. The van der Waals surface area contributed by atoms with E-state index in [4.69, 9.17) is 0 Å². The molecule has 0 heterocycles. The molecule has 0 amide bonds. The Morgan fingerprint density at radius 2 is 0.333 bits per heavy atom. The predicted octanol–water partition coefficient (Wildman–Crippen LogP) is 28.7. The maximum absolute atomic E-state index is 10.8.